The number of aromatic nitrogens is 2. The van der Waals surface area contributed by atoms with E-state index in [1.54, 1.807) is 0 Å². The fraction of sp³-hybridized carbons (Fsp3) is 0.0909. The normalized spacial score (nSPS) is 11.4. The summed E-state index contributed by atoms with van der Waals surface area (Å²) in [5.41, 5.74) is -1.02. The average molecular weight is 293 g/mol. The zero-order valence-corrected chi connectivity index (χ0v) is 9.84. The second kappa shape index (κ2) is 5.00. The third-order valence-electron chi connectivity index (χ3n) is 2.07. The molecule has 8 heteroatoms. The monoisotopic (exact) mass is 292 g/mol. The van der Waals surface area contributed by atoms with Crippen LogP contribution >= 0.6 is 11.6 Å². The van der Waals surface area contributed by atoms with Crippen molar-refractivity contribution in [1.29, 1.82) is 0 Å². The number of hydrogen-bond donors (Lipinski definition) is 0. The van der Waals surface area contributed by atoms with Gasteiger partial charge < -0.3 is 4.74 Å². The predicted octanol–water partition coefficient (Wildman–Crippen LogP) is 4.08. The topological polar surface area (TPSA) is 35.0 Å². The highest BCUT2D eigenvalue weighted by atomic mass is 35.5. The Hall–Kier alpha value is -1.89. The molecule has 2 aromatic heterocycles. The first-order valence-corrected chi connectivity index (χ1v) is 5.27. The van der Waals surface area contributed by atoms with Crippen LogP contribution < -0.4 is 4.74 Å². The van der Waals surface area contributed by atoms with Gasteiger partial charge in [0.05, 0.1) is 5.56 Å². The van der Waals surface area contributed by atoms with Gasteiger partial charge in [0, 0.05) is 12.4 Å². The third kappa shape index (κ3) is 3.11. The van der Waals surface area contributed by atoms with Crippen molar-refractivity contribution in [3.8, 4) is 11.6 Å². The van der Waals surface area contributed by atoms with Crippen LogP contribution in [-0.2, 0) is 6.18 Å². The highest BCUT2D eigenvalue weighted by Gasteiger charge is 2.31. The zero-order valence-electron chi connectivity index (χ0n) is 9.08. The first-order chi connectivity index (χ1) is 8.88. The standard InChI is InChI=1S/C11H5ClF4N2O/c12-7-4-6(11(14,15)16)5-18-10(7)19-8-2-1-3-17-9(8)13/h1-5H. The molecule has 0 radical (unpaired) electrons. The van der Waals surface area contributed by atoms with Crippen molar-refractivity contribution in [1.82, 2.24) is 9.97 Å². The number of alkyl halides is 3. The van der Waals surface area contributed by atoms with Gasteiger partial charge in [-0.1, -0.05) is 11.6 Å². The summed E-state index contributed by atoms with van der Waals surface area (Å²) in [5, 5.41) is -0.377. The fourth-order valence-corrected chi connectivity index (χ4v) is 1.41. The Morgan fingerprint density at radius 3 is 2.53 bits per heavy atom. The van der Waals surface area contributed by atoms with Crippen LogP contribution in [0.5, 0.6) is 11.6 Å². The molecular formula is C11H5ClF4N2O. The highest BCUT2D eigenvalue weighted by molar-refractivity contribution is 6.31. The lowest BCUT2D eigenvalue weighted by atomic mass is 10.3. The molecule has 0 bridgehead atoms. The molecule has 0 amide bonds. The second-order valence-corrected chi connectivity index (χ2v) is 3.81. The predicted molar refractivity (Wildman–Crippen MR) is 58.5 cm³/mol. The van der Waals surface area contributed by atoms with Crippen LogP contribution in [0, 0.1) is 5.95 Å². The van der Waals surface area contributed by atoms with Crippen molar-refractivity contribution < 1.29 is 22.3 Å². The van der Waals surface area contributed by atoms with E-state index < -0.39 is 17.7 Å². The van der Waals surface area contributed by atoms with Gasteiger partial charge in [-0.05, 0) is 18.2 Å². The Kier molecular flexibility index (Phi) is 3.57. The van der Waals surface area contributed by atoms with Crippen molar-refractivity contribution in [2.75, 3.05) is 0 Å². The molecule has 3 nitrogen and oxygen atoms in total. The first-order valence-electron chi connectivity index (χ1n) is 4.89. The van der Waals surface area contributed by atoms with Gasteiger partial charge in [0.1, 0.15) is 5.02 Å². The molecule has 2 rings (SSSR count). The summed E-state index contributed by atoms with van der Waals surface area (Å²) in [4.78, 5) is 6.73. The van der Waals surface area contributed by atoms with Gasteiger partial charge in [-0.25, -0.2) is 9.97 Å². The third-order valence-corrected chi connectivity index (χ3v) is 2.34. The lowest BCUT2D eigenvalue weighted by Gasteiger charge is -2.09. The zero-order chi connectivity index (χ0) is 14.0. The van der Waals surface area contributed by atoms with E-state index in [9.17, 15) is 17.6 Å². The van der Waals surface area contributed by atoms with Gasteiger partial charge in [0.15, 0.2) is 5.75 Å². The van der Waals surface area contributed by atoms with E-state index in [-0.39, 0.29) is 16.7 Å². The summed E-state index contributed by atoms with van der Waals surface area (Å²) in [6.07, 6.45) is -2.81. The molecular weight excluding hydrogens is 288 g/mol. The largest absolute Gasteiger partial charge is 0.433 e. The van der Waals surface area contributed by atoms with Crippen LogP contribution in [0.15, 0.2) is 30.6 Å². The molecule has 0 saturated carbocycles. The van der Waals surface area contributed by atoms with E-state index >= 15 is 0 Å². The lowest BCUT2D eigenvalue weighted by Crippen LogP contribution is -2.06. The number of ether oxygens (including phenoxy) is 1. The summed E-state index contributed by atoms with van der Waals surface area (Å²) in [7, 11) is 0. The molecule has 0 saturated heterocycles. The van der Waals surface area contributed by atoms with Crippen molar-refractivity contribution >= 4 is 11.6 Å². The van der Waals surface area contributed by atoms with Gasteiger partial charge in [0.2, 0.25) is 5.88 Å². The molecule has 0 unspecified atom stereocenters. The van der Waals surface area contributed by atoms with Gasteiger partial charge in [-0.2, -0.15) is 17.6 Å². The maximum Gasteiger partial charge on any atom is 0.417 e. The average Bonchev–Trinajstić information content (AvgIpc) is 2.33. The van der Waals surface area contributed by atoms with E-state index in [1.165, 1.54) is 18.3 Å². The van der Waals surface area contributed by atoms with Crippen LogP contribution in [0.4, 0.5) is 17.6 Å². The Balaban J connectivity index is 2.30. The molecule has 0 fully saturated rings. The van der Waals surface area contributed by atoms with E-state index in [1.807, 2.05) is 0 Å². The number of hydrogen-bond acceptors (Lipinski definition) is 3. The van der Waals surface area contributed by atoms with Gasteiger partial charge in [-0.3, -0.25) is 0 Å². The maximum atomic E-state index is 13.2. The van der Waals surface area contributed by atoms with Crippen molar-refractivity contribution in [3.63, 3.8) is 0 Å². The smallest absolute Gasteiger partial charge is 0.417 e. The number of halogens is 5. The Morgan fingerprint density at radius 2 is 1.95 bits per heavy atom. The van der Waals surface area contributed by atoms with Gasteiger partial charge >= 0.3 is 6.18 Å². The van der Waals surface area contributed by atoms with Crippen LogP contribution in [0.3, 0.4) is 0 Å². The molecule has 0 aliphatic heterocycles. The molecule has 0 aliphatic rings. The molecule has 2 heterocycles. The summed E-state index contributed by atoms with van der Waals surface area (Å²) in [6.45, 7) is 0. The molecule has 19 heavy (non-hydrogen) atoms. The fourth-order valence-electron chi connectivity index (χ4n) is 1.21. The van der Waals surface area contributed by atoms with Crippen molar-refractivity contribution in [2.24, 2.45) is 0 Å². The lowest BCUT2D eigenvalue weighted by molar-refractivity contribution is -0.137. The highest BCUT2D eigenvalue weighted by Crippen LogP contribution is 2.34. The Labute approximate surface area is 109 Å². The Morgan fingerprint density at radius 1 is 1.21 bits per heavy atom. The van der Waals surface area contributed by atoms with Crippen LogP contribution in [0.25, 0.3) is 0 Å². The molecule has 2 aromatic rings. The van der Waals surface area contributed by atoms with Crippen LogP contribution in [0.2, 0.25) is 5.02 Å². The summed E-state index contributed by atoms with van der Waals surface area (Å²) >= 11 is 5.61. The van der Waals surface area contributed by atoms with Gasteiger partial charge in [-0.15, -0.1) is 0 Å². The number of pyridine rings is 2. The Bertz CT molecular complexity index is 603. The second-order valence-electron chi connectivity index (χ2n) is 3.40. The van der Waals surface area contributed by atoms with E-state index in [2.05, 4.69) is 9.97 Å². The summed E-state index contributed by atoms with van der Waals surface area (Å²) in [5.74, 6) is -1.53. The minimum absolute atomic E-state index is 0.281. The van der Waals surface area contributed by atoms with Crippen molar-refractivity contribution in [3.05, 3.63) is 47.1 Å². The minimum atomic E-state index is -4.56. The molecule has 0 atom stereocenters. The molecule has 0 N–H and O–H groups in total. The van der Waals surface area contributed by atoms with Gasteiger partial charge in [0.25, 0.3) is 5.95 Å². The molecule has 0 aromatic carbocycles. The SMILES string of the molecule is Fc1ncccc1Oc1ncc(C(F)(F)F)cc1Cl. The van der Waals surface area contributed by atoms with Crippen molar-refractivity contribution in [2.45, 2.75) is 6.18 Å². The minimum Gasteiger partial charge on any atom is -0.433 e. The number of rotatable bonds is 2. The van der Waals surface area contributed by atoms with E-state index in [4.69, 9.17) is 16.3 Å². The summed E-state index contributed by atoms with van der Waals surface area (Å²) in [6, 6.07) is 3.30. The quantitative estimate of drug-likeness (QED) is 0.618. The first kappa shape index (κ1) is 13.5. The summed E-state index contributed by atoms with van der Waals surface area (Å²) < 4.78 is 55.3. The maximum absolute atomic E-state index is 13.2. The van der Waals surface area contributed by atoms with E-state index in [0.717, 1.165) is 0 Å². The molecule has 0 aliphatic carbocycles. The number of nitrogens with zero attached hydrogens (tertiary/aromatic N) is 2. The molecule has 0 spiro atoms. The van der Waals surface area contributed by atoms with Crippen LogP contribution in [-0.4, -0.2) is 9.97 Å². The molecule has 100 valence electrons. The van der Waals surface area contributed by atoms with Crippen LogP contribution in [0.1, 0.15) is 5.56 Å². The van der Waals surface area contributed by atoms with E-state index in [0.29, 0.717) is 12.3 Å².